The fourth-order valence-electron chi connectivity index (χ4n) is 3.51. The maximum Gasteiger partial charge on any atom is 0.335 e. The van der Waals surface area contributed by atoms with Crippen LogP contribution in [0.3, 0.4) is 0 Å². The van der Waals surface area contributed by atoms with Gasteiger partial charge in [-0.1, -0.05) is 30.3 Å². The van der Waals surface area contributed by atoms with E-state index in [0.29, 0.717) is 24.4 Å². The van der Waals surface area contributed by atoms with E-state index < -0.39 is 5.97 Å². The maximum atomic E-state index is 12.6. The normalized spacial score (nSPS) is 16.5. The van der Waals surface area contributed by atoms with E-state index in [9.17, 15) is 9.59 Å². The molecule has 1 fully saturated rings. The molecule has 5 heteroatoms. The molecular formula is C21H23NO4. The molecule has 1 atom stereocenters. The van der Waals surface area contributed by atoms with Crippen molar-refractivity contribution < 1.29 is 19.4 Å². The van der Waals surface area contributed by atoms with Crippen LogP contribution in [0.15, 0.2) is 48.5 Å². The zero-order valence-electron chi connectivity index (χ0n) is 14.9. The minimum Gasteiger partial charge on any atom is -0.496 e. The van der Waals surface area contributed by atoms with Gasteiger partial charge in [0.2, 0.25) is 5.91 Å². The average molecular weight is 353 g/mol. The van der Waals surface area contributed by atoms with Gasteiger partial charge in [0.05, 0.1) is 19.1 Å². The molecule has 26 heavy (non-hydrogen) atoms. The molecular weight excluding hydrogens is 330 g/mol. The first-order valence-electron chi connectivity index (χ1n) is 8.78. The Labute approximate surface area is 153 Å². The second-order valence-corrected chi connectivity index (χ2v) is 6.69. The highest BCUT2D eigenvalue weighted by atomic mass is 16.5. The van der Waals surface area contributed by atoms with Crippen LogP contribution in [0.2, 0.25) is 0 Å². The molecule has 3 rings (SSSR count). The average Bonchev–Trinajstić information content (AvgIpc) is 3.11. The van der Waals surface area contributed by atoms with Gasteiger partial charge in [-0.2, -0.15) is 0 Å². The number of amides is 1. The quantitative estimate of drug-likeness (QED) is 0.867. The molecule has 2 aromatic carbocycles. The van der Waals surface area contributed by atoms with Crippen LogP contribution in [0, 0.1) is 5.92 Å². The minimum atomic E-state index is -0.910. The number of likely N-dealkylation sites (tertiary alicyclic amines) is 1. The van der Waals surface area contributed by atoms with Crippen LogP contribution >= 0.6 is 0 Å². The number of methoxy groups -OCH3 is 1. The lowest BCUT2D eigenvalue weighted by molar-refractivity contribution is -0.129. The van der Waals surface area contributed by atoms with Crippen molar-refractivity contribution in [2.45, 2.75) is 19.3 Å². The van der Waals surface area contributed by atoms with Crippen molar-refractivity contribution in [3.05, 3.63) is 65.2 Å². The van der Waals surface area contributed by atoms with Gasteiger partial charge in [0, 0.05) is 18.7 Å². The number of hydrogen-bond donors (Lipinski definition) is 1. The van der Waals surface area contributed by atoms with Gasteiger partial charge >= 0.3 is 5.97 Å². The van der Waals surface area contributed by atoms with Crippen LogP contribution < -0.4 is 4.74 Å². The number of carboxylic acid groups (broad SMARTS) is 1. The molecule has 0 radical (unpaired) electrons. The van der Waals surface area contributed by atoms with Crippen molar-refractivity contribution in [3.63, 3.8) is 0 Å². The Balaban J connectivity index is 1.59. The van der Waals surface area contributed by atoms with Crippen LogP contribution in [0.25, 0.3) is 0 Å². The monoisotopic (exact) mass is 353 g/mol. The topological polar surface area (TPSA) is 66.8 Å². The number of aromatic carboxylic acids is 1. The first-order valence-corrected chi connectivity index (χ1v) is 8.78. The van der Waals surface area contributed by atoms with E-state index in [1.807, 2.05) is 35.2 Å². The minimum absolute atomic E-state index is 0.108. The van der Waals surface area contributed by atoms with Crippen LogP contribution in [-0.4, -0.2) is 42.1 Å². The fourth-order valence-corrected chi connectivity index (χ4v) is 3.51. The summed E-state index contributed by atoms with van der Waals surface area (Å²) in [5.74, 6) is 0.297. The SMILES string of the molecule is COc1ccccc1CC(=O)N1CCC(Cc2cccc(C(=O)O)c2)C1. The van der Waals surface area contributed by atoms with Crippen molar-refractivity contribution in [3.8, 4) is 5.75 Å². The van der Waals surface area contributed by atoms with E-state index in [2.05, 4.69) is 0 Å². The summed E-state index contributed by atoms with van der Waals surface area (Å²) in [6, 6.07) is 14.6. The molecule has 5 nitrogen and oxygen atoms in total. The molecule has 1 saturated heterocycles. The van der Waals surface area contributed by atoms with Crippen LogP contribution in [-0.2, 0) is 17.6 Å². The summed E-state index contributed by atoms with van der Waals surface area (Å²) in [6.45, 7) is 1.46. The molecule has 0 aliphatic carbocycles. The molecule has 0 spiro atoms. The number of para-hydroxylation sites is 1. The lowest BCUT2D eigenvalue weighted by Gasteiger charge is -2.17. The third-order valence-corrected chi connectivity index (χ3v) is 4.87. The Kier molecular flexibility index (Phi) is 5.56. The van der Waals surface area contributed by atoms with Gasteiger partial charge in [-0.25, -0.2) is 4.79 Å². The van der Waals surface area contributed by atoms with Gasteiger partial charge in [0.1, 0.15) is 5.75 Å². The van der Waals surface area contributed by atoms with Gasteiger partial charge in [-0.3, -0.25) is 4.79 Å². The Hall–Kier alpha value is -2.82. The van der Waals surface area contributed by atoms with Gasteiger partial charge in [0.25, 0.3) is 0 Å². The van der Waals surface area contributed by atoms with Gasteiger partial charge in [0.15, 0.2) is 0 Å². The predicted octanol–water partition coefficient (Wildman–Crippen LogP) is 3.03. The lowest BCUT2D eigenvalue weighted by Crippen LogP contribution is -2.30. The highest BCUT2D eigenvalue weighted by Gasteiger charge is 2.26. The molecule has 0 bridgehead atoms. The van der Waals surface area contributed by atoms with E-state index in [-0.39, 0.29) is 5.91 Å². The standard InChI is InChI=1S/C21H23NO4/c1-26-19-8-3-2-6-17(19)13-20(23)22-10-9-16(14-22)11-15-5-4-7-18(12-15)21(24)25/h2-8,12,16H,9-11,13-14H2,1H3,(H,24,25). The summed E-state index contributed by atoms with van der Waals surface area (Å²) in [4.78, 5) is 25.6. The largest absolute Gasteiger partial charge is 0.496 e. The Morgan fingerprint density at radius 1 is 1.19 bits per heavy atom. The molecule has 1 aliphatic rings. The van der Waals surface area contributed by atoms with E-state index >= 15 is 0 Å². The van der Waals surface area contributed by atoms with E-state index in [1.165, 1.54) is 0 Å². The number of ether oxygens (including phenoxy) is 1. The van der Waals surface area contributed by atoms with Crippen LogP contribution in [0.1, 0.15) is 27.9 Å². The highest BCUT2D eigenvalue weighted by molar-refractivity contribution is 5.87. The third-order valence-electron chi connectivity index (χ3n) is 4.87. The van der Waals surface area contributed by atoms with E-state index in [1.54, 1.807) is 25.3 Å². The summed E-state index contributed by atoms with van der Waals surface area (Å²) in [5, 5.41) is 9.10. The molecule has 1 heterocycles. The van der Waals surface area contributed by atoms with Crippen LogP contribution in [0.5, 0.6) is 5.75 Å². The first-order chi connectivity index (χ1) is 12.6. The summed E-state index contributed by atoms with van der Waals surface area (Å²) in [5.41, 5.74) is 2.22. The predicted molar refractivity (Wildman–Crippen MR) is 98.5 cm³/mol. The number of rotatable bonds is 6. The van der Waals surface area contributed by atoms with Crippen molar-refractivity contribution in [2.75, 3.05) is 20.2 Å². The van der Waals surface area contributed by atoms with Gasteiger partial charge in [-0.15, -0.1) is 0 Å². The Bertz CT molecular complexity index is 802. The van der Waals surface area contributed by atoms with Crippen molar-refractivity contribution in [1.82, 2.24) is 4.90 Å². The number of benzene rings is 2. The van der Waals surface area contributed by atoms with Gasteiger partial charge < -0.3 is 14.7 Å². The maximum absolute atomic E-state index is 12.6. The number of hydrogen-bond acceptors (Lipinski definition) is 3. The molecule has 136 valence electrons. The summed E-state index contributed by atoms with van der Waals surface area (Å²) in [7, 11) is 1.61. The second kappa shape index (κ2) is 8.04. The van der Waals surface area contributed by atoms with Gasteiger partial charge in [-0.05, 0) is 42.5 Å². The van der Waals surface area contributed by atoms with Crippen molar-refractivity contribution in [2.24, 2.45) is 5.92 Å². The number of carboxylic acids is 1. The zero-order chi connectivity index (χ0) is 18.5. The Morgan fingerprint density at radius 2 is 2.00 bits per heavy atom. The molecule has 1 amide bonds. The highest BCUT2D eigenvalue weighted by Crippen LogP contribution is 2.24. The second-order valence-electron chi connectivity index (χ2n) is 6.69. The molecule has 1 aliphatic heterocycles. The summed E-state index contributed by atoms with van der Waals surface area (Å²) >= 11 is 0. The fraction of sp³-hybridized carbons (Fsp3) is 0.333. The molecule has 0 aromatic heterocycles. The Morgan fingerprint density at radius 3 is 2.77 bits per heavy atom. The van der Waals surface area contributed by atoms with Crippen molar-refractivity contribution >= 4 is 11.9 Å². The smallest absolute Gasteiger partial charge is 0.335 e. The number of carbonyl (C=O) groups is 2. The number of carbonyl (C=O) groups excluding carboxylic acids is 1. The third kappa shape index (κ3) is 4.23. The zero-order valence-corrected chi connectivity index (χ0v) is 14.9. The first kappa shape index (κ1) is 18.0. The lowest BCUT2D eigenvalue weighted by atomic mass is 9.97. The van der Waals surface area contributed by atoms with E-state index in [0.717, 1.165) is 36.3 Å². The summed E-state index contributed by atoms with van der Waals surface area (Å²) in [6.07, 6.45) is 2.07. The molecule has 2 aromatic rings. The molecule has 0 saturated carbocycles. The molecule has 1 N–H and O–H groups in total. The summed E-state index contributed by atoms with van der Waals surface area (Å²) < 4.78 is 5.32. The molecule has 1 unspecified atom stereocenters. The number of nitrogens with zero attached hydrogens (tertiary/aromatic N) is 1. The van der Waals surface area contributed by atoms with Crippen LogP contribution in [0.4, 0.5) is 0 Å². The van der Waals surface area contributed by atoms with Crippen molar-refractivity contribution in [1.29, 1.82) is 0 Å². The van der Waals surface area contributed by atoms with E-state index in [4.69, 9.17) is 9.84 Å².